The highest BCUT2D eigenvalue weighted by Crippen LogP contribution is 2.29. The SMILES string of the molecule is O=C(Cc1csc2ccc(Cl)cc12)N1CC(O)C1. The molecule has 2 aromatic rings. The monoisotopic (exact) mass is 281 g/mol. The quantitative estimate of drug-likeness (QED) is 0.918. The first-order valence-electron chi connectivity index (χ1n) is 5.75. The third-order valence-electron chi connectivity index (χ3n) is 3.17. The fourth-order valence-corrected chi connectivity index (χ4v) is 3.24. The number of aliphatic hydroxyl groups excluding tert-OH is 1. The van der Waals surface area contributed by atoms with Crippen LogP contribution in [0, 0.1) is 0 Å². The average molecular weight is 282 g/mol. The van der Waals surface area contributed by atoms with E-state index in [1.54, 1.807) is 16.2 Å². The molecular formula is C13H12ClNO2S. The van der Waals surface area contributed by atoms with E-state index in [0.29, 0.717) is 24.5 Å². The molecule has 5 heteroatoms. The molecule has 1 amide bonds. The van der Waals surface area contributed by atoms with Crippen LogP contribution in [0.4, 0.5) is 0 Å². The summed E-state index contributed by atoms with van der Waals surface area (Å²) in [5.41, 5.74) is 1.02. The van der Waals surface area contributed by atoms with Crippen molar-refractivity contribution in [2.45, 2.75) is 12.5 Å². The van der Waals surface area contributed by atoms with Crippen molar-refractivity contribution in [1.29, 1.82) is 0 Å². The van der Waals surface area contributed by atoms with Crippen molar-refractivity contribution < 1.29 is 9.90 Å². The number of carbonyl (C=O) groups is 1. The minimum absolute atomic E-state index is 0.0694. The Morgan fingerprint density at radius 3 is 3.00 bits per heavy atom. The lowest BCUT2D eigenvalue weighted by atomic mass is 10.1. The molecule has 2 heterocycles. The van der Waals surface area contributed by atoms with Gasteiger partial charge >= 0.3 is 0 Å². The van der Waals surface area contributed by atoms with Crippen LogP contribution in [0.2, 0.25) is 5.02 Å². The number of fused-ring (bicyclic) bond motifs is 1. The third kappa shape index (κ3) is 2.11. The number of halogens is 1. The zero-order valence-electron chi connectivity index (χ0n) is 9.60. The van der Waals surface area contributed by atoms with E-state index < -0.39 is 0 Å². The van der Waals surface area contributed by atoms with Gasteiger partial charge in [-0.1, -0.05) is 11.6 Å². The van der Waals surface area contributed by atoms with Gasteiger partial charge in [-0.3, -0.25) is 4.79 Å². The van der Waals surface area contributed by atoms with Crippen molar-refractivity contribution in [3.05, 3.63) is 34.2 Å². The zero-order valence-corrected chi connectivity index (χ0v) is 11.2. The molecule has 0 atom stereocenters. The second kappa shape index (κ2) is 4.53. The van der Waals surface area contributed by atoms with E-state index >= 15 is 0 Å². The summed E-state index contributed by atoms with van der Waals surface area (Å²) in [6.07, 6.45) is 0.0372. The van der Waals surface area contributed by atoms with Crippen molar-refractivity contribution >= 4 is 38.9 Å². The van der Waals surface area contributed by atoms with Gasteiger partial charge in [0.25, 0.3) is 0 Å². The molecule has 0 radical (unpaired) electrons. The molecule has 18 heavy (non-hydrogen) atoms. The van der Waals surface area contributed by atoms with Crippen LogP contribution in [0.25, 0.3) is 10.1 Å². The van der Waals surface area contributed by atoms with Crippen LogP contribution in [-0.2, 0) is 11.2 Å². The van der Waals surface area contributed by atoms with Crippen molar-refractivity contribution in [3.63, 3.8) is 0 Å². The Morgan fingerprint density at radius 2 is 2.28 bits per heavy atom. The van der Waals surface area contributed by atoms with Gasteiger partial charge in [0.15, 0.2) is 0 Å². The highest BCUT2D eigenvalue weighted by Gasteiger charge is 2.28. The summed E-state index contributed by atoms with van der Waals surface area (Å²) in [5.74, 6) is 0.0694. The van der Waals surface area contributed by atoms with Crippen molar-refractivity contribution in [2.24, 2.45) is 0 Å². The molecule has 1 aromatic heterocycles. The molecule has 1 N–H and O–H groups in total. The topological polar surface area (TPSA) is 40.5 Å². The molecule has 3 rings (SSSR count). The molecule has 1 aliphatic rings. The third-order valence-corrected chi connectivity index (χ3v) is 4.42. The van der Waals surface area contributed by atoms with E-state index in [1.807, 2.05) is 23.6 Å². The standard InChI is InChI=1S/C13H12ClNO2S/c14-9-1-2-12-11(4-9)8(7-18-12)3-13(17)15-5-10(16)6-15/h1-2,4,7,10,16H,3,5-6H2. The first-order valence-corrected chi connectivity index (χ1v) is 7.01. The zero-order chi connectivity index (χ0) is 12.7. The number of β-amino-alcohol motifs (C(OH)–C–C–N with tert-alkyl or cyclic N) is 1. The minimum Gasteiger partial charge on any atom is -0.389 e. The number of nitrogens with zero attached hydrogens (tertiary/aromatic N) is 1. The molecule has 94 valence electrons. The summed E-state index contributed by atoms with van der Waals surface area (Å²) in [7, 11) is 0. The Morgan fingerprint density at radius 1 is 1.50 bits per heavy atom. The van der Waals surface area contributed by atoms with E-state index in [9.17, 15) is 9.90 Å². The summed E-state index contributed by atoms with van der Waals surface area (Å²) in [5, 5.41) is 12.9. The lowest BCUT2D eigenvalue weighted by Gasteiger charge is -2.35. The fourth-order valence-electron chi connectivity index (χ4n) is 2.12. The highest BCUT2D eigenvalue weighted by molar-refractivity contribution is 7.17. The predicted octanol–water partition coefficient (Wildman–Crippen LogP) is 2.30. The maximum Gasteiger partial charge on any atom is 0.227 e. The maximum atomic E-state index is 12.0. The smallest absolute Gasteiger partial charge is 0.227 e. The molecule has 1 saturated heterocycles. The number of likely N-dealkylation sites (tertiary alicyclic amines) is 1. The summed E-state index contributed by atoms with van der Waals surface area (Å²) in [6, 6.07) is 5.74. The Bertz CT molecular complexity index is 604. The van der Waals surface area contributed by atoms with E-state index in [4.69, 9.17) is 11.6 Å². The largest absolute Gasteiger partial charge is 0.389 e. The number of benzene rings is 1. The first-order chi connectivity index (χ1) is 8.63. The van der Waals surface area contributed by atoms with Gasteiger partial charge in [-0.2, -0.15) is 0 Å². The molecule has 0 spiro atoms. The molecule has 0 unspecified atom stereocenters. The minimum atomic E-state index is -0.345. The lowest BCUT2D eigenvalue weighted by molar-refractivity contribution is -0.140. The molecule has 1 aliphatic heterocycles. The van der Waals surface area contributed by atoms with Crippen LogP contribution in [0.3, 0.4) is 0 Å². The Labute approximate surface area is 114 Å². The van der Waals surface area contributed by atoms with Crippen LogP contribution in [-0.4, -0.2) is 35.1 Å². The van der Waals surface area contributed by atoms with Gasteiger partial charge in [0.05, 0.1) is 12.5 Å². The van der Waals surface area contributed by atoms with Crippen LogP contribution < -0.4 is 0 Å². The van der Waals surface area contributed by atoms with Crippen molar-refractivity contribution in [2.75, 3.05) is 13.1 Å². The second-order valence-electron chi connectivity index (χ2n) is 4.53. The number of thiophene rings is 1. The van der Waals surface area contributed by atoms with Gasteiger partial charge in [0.1, 0.15) is 0 Å². The molecule has 0 saturated carbocycles. The first kappa shape index (κ1) is 12.0. The number of carbonyl (C=O) groups excluding carboxylic acids is 1. The Hall–Kier alpha value is -1.10. The van der Waals surface area contributed by atoms with Crippen LogP contribution in [0.15, 0.2) is 23.6 Å². The fraction of sp³-hybridized carbons (Fsp3) is 0.308. The van der Waals surface area contributed by atoms with E-state index in [2.05, 4.69) is 0 Å². The number of rotatable bonds is 2. The van der Waals surface area contributed by atoms with Gasteiger partial charge in [0, 0.05) is 22.8 Å². The average Bonchev–Trinajstić information content (AvgIpc) is 2.68. The molecule has 0 bridgehead atoms. The maximum absolute atomic E-state index is 12.0. The number of hydrogen-bond donors (Lipinski definition) is 1. The summed E-state index contributed by atoms with van der Waals surface area (Å²) in [4.78, 5) is 13.6. The van der Waals surface area contributed by atoms with Crippen LogP contribution >= 0.6 is 22.9 Å². The molecule has 1 fully saturated rings. The number of aliphatic hydroxyl groups is 1. The second-order valence-corrected chi connectivity index (χ2v) is 5.88. The van der Waals surface area contributed by atoms with Crippen LogP contribution in [0.5, 0.6) is 0 Å². The molecule has 0 aliphatic carbocycles. The van der Waals surface area contributed by atoms with Gasteiger partial charge < -0.3 is 10.0 Å². The highest BCUT2D eigenvalue weighted by atomic mass is 35.5. The lowest BCUT2D eigenvalue weighted by Crippen LogP contribution is -2.53. The molecule has 1 aromatic carbocycles. The van der Waals surface area contributed by atoms with Crippen molar-refractivity contribution in [3.8, 4) is 0 Å². The van der Waals surface area contributed by atoms with E-state index in [-0.39, 0.29) is 12.0 Å². The summed E-state index contributed by atoms with van der Waals surface area (Å²) >= 11 is 7.60. The van der Waals surface area contributed by atoms with E-state index in [0.717, 1.165) is 15.6 Å². The van der Waals surface area contributed by atoms with E-state index in [1.165, 1.54) is 0 Å². The van der Waals surface area contributed by atoms with Gasteiger partial charge in [-0.25, -0.2) is 0 Å². The van der Waals surface area contributed by atoms with Gasteiger partial charge in [-0.15, -0.1) is 11.3 Å². The Balaban J connectivity index is 1.82. The Kier molecular flexibility index (Phi) is 3.01. The normalized spacial score (nSPS) is 16.0. The molecular weight excluding hydrogens is 270 g/mol. The van der Waals surface area contributed by atoms with Gasteiger partial charge in [0.2, 0.25) is 5.91 Å². The summed E-state index contributed by atoms with van der Waals surface area (Å²) in [6.45, 7) is 0.920. The summed E-state index contributed by atoms with van der Waals surface area (Å²) < 4.78 is 1.14. The predicted molar refractivity (Wildman–Crippen MR) is 73.1 cm³/mol. The van der Waals surface area contributed by atoms with Crippen LogP contribution in [0.1, 0.15) is 5.56 Å². The number of hydrogen-bond acceptors (Lipinski definition) is 3. The molecule has 3 nitrogen and oxygen atoms in total. The number of amides is 1. The van der Waals surface area contributed by atoms with Crippen molar-refractivity contribution in [1.82, 2.24) is 4.90 Å². The van der Waals surface area contributed by atoms with Gasteiger partial charge in [-0.05, 0) is 34.5 Å².